The molecule has 2 saturated carbocycles. The first-order chi connectivity index (χ1) is 8.73. The standard InChI is InChI=1S/C16H28O2/c17-15-12-8-4-5-9-13-16(15,18)14-10-6-2-1-3-7-11-14/h14,18H,1-13H2. The lowest BCUT2D eigenvalue weighted by molar-refractivity contribution is -0.146. The lowest BCUT2D eigenvalue weighted by Gasteiger charge is -2.37. The van der Waals surface area contributed by atoms with Gasteiger partial charge in [0.05, 0.1) is 0 Å². The highest BCUT2D eigenvalue weighted by Crippen LogP contribution is 2.37. The number of carbonyl (C=O) groups is 1. The van der Waals surface area contributed by atoms with Gasteiger partial charge >= 0.3 is 0 Å². The monoisotopic (exact) mass is 252 g/mol. The predicted molar refractivity (Wildman–Crippen MR) is 73.5 cm³/mol. The maximum atomic E-state index is 12.3. The molecular weight excluding hydrogens is 224 g/mol. The summed E-state index contributed by atoms with van der Waals surface area (Å²) < 4.78 is 0. The topological polar surface area (TPSA) is 37.3 Å². The zero-order chi connectivity index (χ0) is 12.8. The van der Waals surface area contributed by atoms with Crippen LogP contribution in [0.4, 0.5) is 0 Å². The largest absolute Gasteiger partial charge is 0.382 e. The molecule has 2 aliphatic rings. The fourth-order valence-electron chi connectivity index (χ4n) is 3.75. The molecule has 1 atom stereocenters. The van der Waals surface area contributed by atoms with Crippen molar-refractivity contribution < 1.29 is 9.90 Å². The van der Waals surface area contributed by atoms with Gasteiger partial charge in [0.2, 0.25) is 0 Å². The molecule has 0 heterocycles. The van der Waals surface area contributed by atoms with Crippen LogP contribution in [-0.4, -0.2) is 16.5 Å². The van der Waals surface area contributed by atoms with Crippen molar-refractivity contribution in [3.05, 3.63) is 0 Å². The molecule has 18 heavy (non-hydrogen) atoms. The second kappa shape index (κ2) is 6.70. The fourth-order valence-corrected chi connectivity index (χ4v) is 3.75. The molecule has 0 saturated heterocycles. The Bertz CT molecular complexity index is 266. The molecule has 1 unspecified atom stereocenters. The molecule has 0 bridgehead atoms. The van der Waals surface area contributed by atoms with Gasteiger partial charge in [0, 0.05) is 6.42 Å². The minimum Gasteiger partial charge on any atom is -0.382 e. The van der Waals surface area contributed by atoms with E-state index in [0.29, 0.717) is 6.42 Å². The summed E-state index contributed by atoms with van der Waals surface area (Å²) >= 11 is 0. The van der Waals surface area contributed by atoms with Crippen molar-refractivity contribution in [3.63, 3.8) is 0 Å². The first kappa shape index (κ1) is 14.0. The molecule has 2 heteroatoms. The molecule has 0 aromatic heterocycles. The first-order valence-electron chi connectivity index (χ1n) is 7.99. The van der Waals surface area contributed by atoms with E-state index in [0.717, 1.165) is 38.5 Å². The average Bonchev–Trinajstić information content (AvgIpc) is 2.30. The van der Waals surface area contributed by atoms with Gasteiger partial charge in [0.15, 0.2) is 5.78 Å². The van der Waals surface area contributed by atoms with E-state index in [1.54, 1.807) is 0 Å². The Morgan fingerprint density at radius 2 is 1.39 bits per heavy atom. The van der Waals surface area contributed by atoms with Crippen LogP contribution in [0.5, 0.6) is 0 Å². The number of hydrogen-bond donors (Lipinski definition) is 1. The van der Waals surface area contributed by atoms with Gasteiger partial charge in [0.1, 0.15) is 5.60 Å². The van der Waals surface area contributed by atoms with Crippen LogP contribution in [0.15, 0.2) is 0 Å². The van der Waals surface area contributed by atoms with Crippen molar-refractivity contribution in [1.29, 1.82) is 0 Å². The first-order valence-corrected chi connectivity index (χ1v) is 7.99. The van der Waals surface area contributed by atoms with Crippen LogP contribution in [0.1, 0.15) is 83.5 Å². The Morgan fingerprint density at radius 3 is 2.11 bits per heavy atom. The number of Topliss-reactive ketones (excluding diaryl/α,β-unsaturated/α-hetero) is 1. The van der Waals surface area contributed by atoms with E-state index >= 15 is 0 Å². The Balaban J connectivity index is 2.06. The molecule has 2 nitrogen and oxygen atoms in total. The second-order valence-electron chi connectivity index (χ2n) is 6.30. The van der Waals surface area contributed by atoms with E-state index in [9.17, 15) is 9.90 Å². The molecule has 2 rings (SSSR count). The van der Waals surface area contributed by atoms with Gasteiger partial charge in [-0.25, -0.2) is 0 Å². The molecule has 0 aromatic rings. The summed E-state index contributed by atoms with van der Waals surface area (Å²) in [6.45, 7) is 0. The van der Waals surface area contributed by atoms with Crippen molar-refractivity contribution in [1.82, 2.24) is 0 Å². The van der Waals surface area contributed by atoms with Crippen molar-refractivity contribution in [2.45, 2.75) is 89.1 Å². The van der Waals surface area contributed by atoms with E-state index in [1.165, 1.54) is 38.5 Å². The van der Waals surface area contributed by atoms with E-state index < -0.39 is 5.60 Å². The number of carbonyl (C=O) groups excluding carboxylic acids is 1. The zero-order valence-electron chi connectivity index (χ0n) is 11.6. The van der Waals surface area contributed by atoms with Gasteiger partial charge in [0.25, 0.3) is 0 Å². The maximum Gasteiger partial charge on any atom is 0.164 e. The zero-order valence-corrected chi connectivity index (χ0v) is 11.6. The third-order valence-electron chi connectivity index (χ3n) is 4.98. The molecular formula is C16H28O2. The van der Waals surface area contributed by atoms with E-state index in [-0.39, 0.29) is 11.7 Å². The quantitative estimate of drug-likeness (QED) is 0.766. The van der Waals surface area contributed by atoms with Gasteiger partial charge in [-0.15, -0.1) is 0 Å². The fraction of sp³-hybridized carbons (Fsp3) is 0.938. The van der Waals surface area contributed by atoms with Crippen LogP contribution in [0, 0.1) is 5.92 Å². The van der Waals surface area contributed by atoms with Crippen molar-refractivity contribution in [3.8, 4) is 0 Å². The Hall–Kier alpha value is -0.370. The van der Waals surface area contributed by atoms with Crippen LogP contribution >= 0.6 is 0 Å². The highest BCUT2D eigenvalue weighted by molar-refractivity contribution is 5.87. The normalized spacial score (nSPS) is 33.3. The number of ketones is 1. The molecule has 0 radical (unpaired) electrons. The molecule has 2 fully saturated rings. The SMILES string of the molecule is O=C1CCCCCCC1(O)C1CCCCCCC1. The summed E-state index contributed by atoms with van der Waals surface area (Å²) in [6, 6.07) is 0. The predicted octanol–water partition coefficient (Wildman–Crippen LogP) is 4.00. The Kier molecular flexibility index (Phi) is 5.23. The summed E-state index contributed by atoms with van der Waals surface area (Å²) in [5.74, 6) is 0.385. The highest BCUT2D eigenvalue weighted by Gasteiger charge is 2.42. The third-order valence-corrected chi connectivity index (χ3v) is 4.98. The maximum absolute atomic E-state index is 12.3. The summed E-state index contributed by atoms with van der Waals surface area (Å²) in [5.41, 5.74) is -0.974. The van der Waals surface area contributed by atoms with Crippen LogP contribution < -0.4 is 0 Å². The number of aliphatic hydroxyl groups is 1. The molecule has 1 N–H and O–H groups in total. The smallest absolute Gasteiger partial charge is 0.164 e. The summed E-state index contributed by atoms with van der Waals surface area (Å²) in [4.78, 5) is 12.3. The van der Waals surface area contributed by atoms with Gasteiger partial charge in [-0.2, -0.15) is 0 Å². The molecule has 0 amide bonds. The third kappa shape index (κ3) is 3.34. The lowest BCUT2D eigenvalue weighted by Crippen LogP contribution is -2.46. The summed E-state index contributed by atoms with van der Waals surface area (Å²) in [6.07, 6.45) is 14.1. The van der Waals surface area contributed by atoms with E-state index in [4.69, 9.17) is 0 Å². The Morgan fingerprint density at radius 1 is 0.833 bits per heavy atom. The molecule has 0 aromatic carbocycles. The minimum atomic E-state index is -0.974. The minimum absolute atomic E-state index is 0.146. The van der Waals surface area contributed by atoms with E-state index in [2.05, 4.69) is 0 Å². The number of rotatable bonds is 1. The van der Waals surface area contributed by atoms with Crippen LogP contribution in [-0.2, 0) is 4.79 Å². The van der Waals surface area contributed by atoms with E-state index in [1.807, 2.05) is 0 Å². The van der Waals surface area contributed by atoms with Gasteiger partial charge in [-0.1, -0.05) is 51.4 Å². The van der Waals surface area contributed by atoms with Crippen LogP contribution in [0.2, 0.25) is 0 Å². The lowest BCUT2D eigenvalue weighted by atomic mass is 9.72. The summed E-state index contributed by atoms with van der Waals surface area (Å²) in [5, 5.41) is 10.9. The molecule has 0 spiro atoms. The highest BCUT2D eigenvalue weighted by atomic mass is 16.3. The van der Waals surface area contributed by atoms with Crippen molar-refractivity contribution in [2.75, 3.05) is 0 Å². The second-order valence-corrected chi connectivity index (χ2v) is 6.30. The molecule has 2 aliphatic carbocycles. The van der Waals surface area contributed by atoms with Crippen LogP contribution in [0.3, 0.4) is 0 Å². The summed E-state index contributed by atoms with van der Waals surface area (Å²) in [7, 11) is 0. The van der Waals surface area contributed by atoms with Crippen LogP contribution in [0.25, 0.3) is 0 Å². The number of hydrogen-bond acceptors (Lipinski definition) is 2. The van der Waals surface area contributed by atoms with Gasteiger partial charge in [-0.05, 0) is 31.6 Å². The van der Waals surface area contributed by atoms with Crippen molar-refractivity contribution in [2.24, 2.45) is 5.92 Å². The molecule has 0 aliphatic heterocycles. The van der Waals surface area contributed by atoms with Gasteiger partial charge < -0.3 is 5.11 Å². The Labute approximate surface area is 111 Å². The van der Waals surface area contributed by atoms with Gasteiger partial charge in [-0.3, -0.25) is 4.79 Å². The molecule has 104 valence electrons. The van der Waals surface area contributed by atoms with Crippen molar-refractivity contribution >= 4 is 5.78 Å². The average molecular weight is 252 g/mol.